The second kappa shape index (κ2) is 10.2. The highest BCUT2D eigenvalue weighted by Crippen LogP contribution is 2.26. The summed E-state index contributed by atoms with van der Waals surface area (Å²) in [5.41, 5.74) is 0.510. The second-order valence-corrected chi connectivity index (χ2v) is 9.74. The SMILES string of the molecule is CCN(CC)S(=O)(=O)c1cccc(-c2nnc(SCC(=O)NC(C)C(C)C)o2)c1. The molecule has 1 heterocycles. The molecule has 2 rings (SSSR count). The highest BCUT2D eigenvalue weighted by atomic mass is 32.2. The summed E-state index contributed by atoms with van der Waals surface area (Å²) in [4.78, 5) is 12.2. The van der Waals surface area contributed by atoms with Crippen LogP contribution < -0.4 is 5.32 Å². The molecule has 1 unspecified atom stereocenters. The fourth-order valence-corrected chi connectivity index (χ4v) is 4.56. The van der Waals surface area contributed by atoms with E-state index in [1.807, 2.05) is 20.8 Å². The van der Waals surface area contributed by atoms with Gasteiger partial charge in [-0.1, -0.05) is 45.5 Å². The molecule has 0 saturated carbocycles. The van der Waals surface area contributed by atoms with Crippen LogP contribution in [0.4, 0.5) is 0 Å². The average molecular weight is 441 g/mol. The zero-order valence-electron chi connectivity index (χ0n) is 17.4. The Morgan fingerprint density at radius 1 is 1.21 bits per heavy atom. The summed E-state index contributed by atoms with van der Waals surface area (Å²) in [5, 5.41) is 11.1. The predicted octanol–water partition coefficient (Wildman–Crippen LogP) is 3.02. The van der Waals surface area contributed by atoms with Gasteiger partial charge in [0.1, 0.15) is 0 Å². The van der Waals surface area contributed by atoms with Gasteiger partial charge in [0.05, 0.1) is 10.6 Å². The van der Waals surface area contributed by atoms with Crippen molar-refractivity contribution >= 4 is 27.7 Å². The van der Waals surface area contributed by atoms with E-state index in [2.05, 4.69) is 15.5 Å². The van der Waals surface area contributed by atoms with Crippen LogP contribution in [0.15, 0.2) is 38.8 Å². The highest BCUT2D eigenvalue weighted by molar-refractivity contribution is 7.99. The first kappa shape index (κ1) is 23.4. The molecule has 1 amide bonds. The van der Waals surface area contributed by atoms with E-state index in [0.29, 0.717) is 24.6 Å². The molecule has 0 aliphatic heterocycles. The molecule has 0 aliphatic rings. The Balaban J connectivity index is 2.10. The number of benzene rings is 1. The Morgan fingerprint density at radius 3 is 2.52 bits per heavy atom. The van der Waals surface area contributed by atoms with Gasteiger partial charge < -0.3 is 9.73 Å². The van der Waals surface area contributed by atoms with E-state index in [0.717, 1.165) is 11.8 Å². The van der Waals surface area contributed by atoms with E-state index in [1.165, 1.54) is 10.4 Å². The molecule has 1 N–H and O–H groups in total. The third kappa shape index (κ3) is 6.03. The van der Waals surface area contributed by atoms with Gasteiger partial charge in [-0.2, -0.15) is 4.31 Å². The van der Waals surface area contributed by atoms with Gasteiger partial charge in [0.2, 0.25) is 21.8 Å². The van der Waals surface area contributed by atoms with E-state index in [1.54, 1.807) is 32.0 Å². The minimum Gasteiger partial charge on any atom is -0.411 e. The first-order valence-electron chi connectivity index (χ1n) is 9.55. The summed E-state index contributed by atoms with van der Waals surface area (Å²) in [6.07, 6.45) is 0. The van der Waals surface area contributed by atoms with Crippen LogP contribution in [0.25, 0.3) is 11.5 Å². The highest BCUT2D eigenvalue weighted by Gasteiger charge is 2.22. The smallest absolute Gasteiger partial charge is 0.277 e. The molecular formula is C19H28N4O4S2. The molecule has 8 nitrogen and oxygen atoms in total. The maximum atomic E-state index is 12.7. The van der Waals surface area contributed by atoms with E-state index < -0.39 is 10.0 Å². The molecule has 0 fully saturated rings. The van der Waals surface area contributed by atoms with Crippen molar-refractivity contribution in [3.8, 4) is 11.5 Å². The van der Waals surface area contributed by atoms with Crippen LogP contribution in [0.2, 0.25) is 0 Å². The maximum absolute atomic E-state index is 12.7. The number of rotatable bonds is 10. The van der Waals surface area contributed by atoms with Crippen molar-refractivity contribution in [1.29, 1.82) is 0 Å². The molecular weight excluding hydrogens is 412 g/mol. The lowest BCUT2D eigenvalue weighted by atomic mass is 10.1. The van der Waals surface area contributed by atoms with Crippen molar-refractivity contribution in [2.24, 2.45) is 5.92 Å². The normalized spacial score (nSPS) is 13.1. The van der Waals surface area contributed by atoms with Crippen LogP contribution in [-0.4, -0.2) is 53.7 Å². The lowest BCUT2D eigenvalue weighted by Gasteiger charge is -2.18. The number of thioether (sulfide) groups is 1. The van der Waals surface area contributed by atoms with Gasteiger partial charge in [-0.05, 0) is 31.0 Å². The fraction of sp³-hybridized carbons (Fsp3) is 0.526. The average Bonchev–Trinajstić information content (AvgIpc) is 3.16. The van der Waals surface area contributed by atoms with Gasteiger partial charge in [-0.3, -0.25) is 4.79 Å². The van der Waals surface area contributed by atoms with Crippen molar-refractivity contribution in [2.75, 3.05) is 18.8 Å². The van der Waals surface area contributed by atoms with Gasteiger partial charge in [-0.25, -0.2) is 8.42 Å². The van der Waals surface area contributed by atoms with E-state index in [-0.39, 0.29) is 33.7 Å². The van der Waals surface area contributed by atoms with Crippen molar-refractivity contribution in [2.45, 2.75) is 50.8 Å². The van der Waals surface area contributed by atoms with Crippen molar-refractivity contribution in [1.82, 2.24) is 19.8 Å². The van der Waals surface area contributed by atoms with Crippen LogP contribution in [0, 0.1) is 5.92 Å². The number of carbonyl (C=O) groups is 1. The monoisotopic (exact) mass is 440 g/mol. The summed E-state index contributed by atoms with van der Waals surface area (Å²) >= 11 is 1.14. The molecule has 0 saturated heterocycles. The van der Waals surface area contributed by atoms with Gasteiger partial charge in [0.15, 0.2) is 0 Å². The first-order valence-corrected chi connectivity index (χ1v) is 12.0. The number of nitrogens with zero attached hydrogens (tertiary/aromatic N) is 3. The number of aromatic nitrogens is 2. The molecule has 0 radical (unpaired) electrons. The third-order valence-electron chi connectivity index (χ3n) is 4.55. The lowest BCUT2D eigenvalue weighted by Crippen LogP contribution is -2.37. The Morgan fingerprint density at radius 2 is 1.90 bits per heavy atom. The Kier molecular flexibility index (Phi) is 8.23. The number of sulfonamides is 1. The zero-order valence-corrected chi connectivity index (χ0v) is 19.0. The summed E-state index contributed by atoms with van der Waals surface area (Å²) in [7, 11) is -3.58. The molecule has 10 heteroatoms. The van der Waals surface area contributed by atoms with Crippen LogP contribution >= 0.6 is 11.8 Å². The number of carbonyl (C=O) groups excluding carboxylic acids is 1. The molecule has 29 heavy (non-hydrogen) atoms. The summed E-state index contributed by atoms with van der Waals surface area (Å²) < 4.78 is 32.4. The fourth-order valence-electron chi connectivity index (χ4n) is 2.48. The summed E-state index contributed by atoms with van der Waals surface area (Å²) in [5.74, 6) is 0.608. The summed E-state index contributed by atoms with van der Waals surface area (Å²) in [6.45, 7) is 10.4. The zero-order chi connectivity index (χ0) is 21.6. The van der Waals surface area contributed by atoms with Crippen LogP contribution in [0.5, 0.6) is 0 Å². The lowest BCUT2D eigenvalue weighted by molar-refractivity contribution is -0.119. The summed E-state index contributed by atoms with van der Waals surface area (Å²) in [6, 6.07) is 6.50. The van der Waals surface area contributed by atoms with Crippen LogP contribution in [0.1, 0.15) is 34.6 Å². The van der Waals surface area contributed by atoms with Gasteiger partial charge in [-0.15, -0.1) is 10.2 Å². The van der Waals surface area contributed by atoms with Crippen molar-refractivity contribution < 1.29 is 17.6 Å². The molecule has 1 atom stereocenters. The Labute approximate surface area is 176 Å². The Bertz CT molecular complexity index is 924. The van der Waals surface area contributed by atoms with Gasteiger partial charge in [0.25, 0.3) is 5.22 Å². The van der Waals surface area contributed by atoms with E-state index >= 15 is 0 Å². The molecule has 0 spiro atoms. The first-order chi connectivity index (χ1) is 13.7. The van der Waals surface area contributed by atoms with Gasteiger partial charge >= 0.3 is 0 Å². The van der Waals surface area contributed by atoms with Crippen LogP contribution in [-0.2, 0) is 14.8 Å². The van der Waals surface area contributed by atoms with E-state index in [4.69, 9.17) is 4.42 Å². The topological polar surface area (TPSA) is 105 Å². The Hall–Kier alpha value is -1.91. The second-order valence-electron chi connectivity index (χ2n) is 6.88. The standard InChI is InChI=1S/C19H28N4O4S2/c1-6-23(7-2)29(25,26)16-10-8-9-15(11-16)18-21-22-19(27-18)28-12-17(24)20-14(5)13(3)4/h8-11,13-14H,6-7,12H2,1-5H3,(H,20,24). The van der Waals surface area contributed by atoms with Gasteiger partial charge in [0, 0.05) is 24.7 Å². The number of hydrogen-bond donors (Lipinski definition) is 1. The van der Waals surface area contributed by atoms with Crippen LogP contribution in [0.3, 0.4) is 0 Å². The van der Waals surface area contributed by atoms with Crippen molar-refractivity contribution in [3.63, 3.8) is 0 Å². The molecule has 2 aromatic rings. The number of hydrogen-bond acceptors (Lipinski definition) is 7. The molecule has 0 bridgehead atoms. The van der Waals surface area contributed by atoms with Crippen molar-refractivity contribution in [3.05, 3.63) is 24.3 Å². The number of nitrogens with one attached hydrogen (secondary N) is 1. The minimum atomic E-state index is -3.58. The quantitative estimate of drug-likeness (QED) is 0.566. The molecule has 160 valence electrons. The largest absolute Gasteiger partial charge is 0.411 e. The molecule has 1 aromatic carbocycles. The van der Waals surface area contributed by atoms with E-state index in [9.17, 15) is 13.2 Å². The maximum Gasteiger partial charge on any atom is 0.277 e. The molecule has 0 aliphatic carbocycles. The number of amides is 1. The predicted molar refractivity (Wildman–Crippen MR) is 113 cm³/mol. The molecule has 1 aromatic heterocycles. The minimum absolute atomic E-state index is 0.0804. The third-order valence-corrected chi connectivity index (χ3v) is 7.41.